The highest BCUT2D eigenvalue weighted by Crippen LogP contribution is 2.07. The average molecular weight is 396 g/mol. The Kier molecular flexibility index (Phi) is 8.69. The second-order valence-corrected chi connectivity index (χ2v) is 6.70. The Labute approximate surface area is 172 Å². The first-order valence-corrected chi connectivity index (χ1v) is 9.59. The van der Waals surface area contributed by atoms with E-state index in [1.807, 2.05) is 42.5 Å². The van der Waals surface area contributed by atoms with Crippen LogP contribution < -0.4 is 16.0 Å². The lowest BCUT2D eigenvalue weighted by Crippen LogP contribution is -2.42. The fraction of sp³-hybridized carbons (Fsp3) is 0.318. The monoisotopic (exact) mass is 395 g/mol. The maximum atomic E-state index is 12.1. The van der Waals surface area contributed by atoms with Gasteiger partial charge in [0.05, 0.1) is 0 Å². The van der Waals surface area contributed by atoms with Crippen LogP contribution in [0.1, 0.15) is 26.3 Å². The van der Waals surface area contributed by atoms with Crippen molar-refractivity contribution in [3.63, 3.8) is 0 Å². The predicted octanol–water partition coefficient (Wildman–Crippen LogP) is 1.53. The van der Waals surface area contributed by atoms with E-state index in [0.717, 1.165) is 12.0 Å². The first-order chi connectivity index (χ1) is 14.0. The molecule has 0 atom stereocenters. The standard InChI is InChI=1S/C22H29N5O2/c1-23-22(26-15-14-24-20(28)18-9-5-4-6-10-18)25-13-12-17-8-7-11-19(16-17)21(29)27(2)3/h4-11,16H,12-15H2,1-3H3,(H,24,28)(H2,23,25,26). The van der Waals surface area contributed by atoms with Crippen LogP contribution in [0.5, 0.6) is 0 Å². The summed E-state index contributed by atoms with van der Waals surface area (Å²) in [4.78, 5) is 29.8. The molecule has 0 aromatic heterocycles. The van der Waals surface area contributed by atoms with Crippen molar-refractivity contribution >= 4 is 17.8 Å². The lowest BCUT2D eigenvalue weighted by Gasteiger charge is -2.13. The number of hydrogen-bond acceptors (Lipinski definition) is 3. The molecule has 0 heterocycles. The van der Waals surface area contributed by atoms with Crippen LogP contribution in [0.15, 0.2) is 59.6 Å². The van der Waals surface area contributed by atoms with E-state index in [9.17, 15) is 9.59 Å². The summed E-state index contributed by atoms with van der Waals surface area (Å²) in [6, 6.07) is 16.8. The summed E-state index contributed by atoms with van der Waals surface area (Å²) in [7, 11) is 5.19. The molecule has 3 N–H and O–H groups in total. The van der Waals surface area contributed by atoms with Gasteiger partial charge < -0.3 is 20.9 Å². The summed E-state index contributed by atoms with van der Waals surface area (Å²) in [5, 5.41) is 9.28. The van der Waals surface area contributed by atoms with Crippen LogP contribution in [-0.4, -0.2) is 63.5 Å². The zero-order valence-corrected chi connectivity index (χ0v) is 17.2. The third-order valence-corrected chi connectivity index (χ3v) is 4.25. The number of nitrogens with zero attached hydrogens (tertiary/aromatic N) is 2. The largest absolute Gasteiger partial charge is 0.356 e. The number of benzene rings is 2. The van der Waals surface area contributed by atoms with Gasteiger partial charge >= 0.3 is 0 Å². The number of hydrogen-bond donors (Lipinski definition) is 3. The van der Waals surface area contributed by atoms with Crippen LogP contribution in [0.4, 0.5) is 0 Å². The molecule has 0 fully saturated rings. The molecule has 7 nitrogen and oxygen atoms in total. The third kappa shape index (κ3) is 7.29. The van der Waals surface area contributed by atoms with Crippen LogP contribution in [0.3, 0.4) is 0 Å². The third-order valence-electron chi connectivity index (χ3n) is 4.25. The van der Waals surface area contributed by atoms with E-state index in [4.69, 9.17) is 0 Å². The Balaban J connectivity index is 1.71. The molecular weight excluding hydrogens is 366 g/mol. The molecule has 0 aliphatic heterocycles. The minimum atomic E-state index is -0.0949. The van der Waals surface area contributed by atoms with Crippen LogP contribution in [0.2, 0.25) is 0 Å². The molecule has 0 aliphatic rings. The molecule has 7 heteroatoms. The molecule has 154 valence electrons. The molecular formula is C22H29N5O2. The van der Waals surface area contributed by atoms with Crippen molar-refractivity contribution in [2.45, 2.75) is 6.42 Å². The van der Waals surface area contributed by atoms with Gasteiger partial charge in [-0.3, -0.25) is 14.6 Å². The van der Waals surface area contributed by atoms with Crippen molar-refractivity contribution < 1.29 is 9.59 Å². The molecule has 0 spiro atoms. The highest BCUT2D eigenvalue weighted by Gasteiger charge is 2.08. The van der Waals surface area contributed by atoms with E-state index in [1.54, 1.807) is 38.2 Å². The molecule has 0 bridgehead atoms. The Morgan fingerprint density at radius 2 is 1.52 bits per heavy atom. The van der Waals surface area contributed by atoms with Crippen molar-refractivity contribution in [2.24, 2.45) is 4.99 Å². The predicted molar refractivity (Wildman–Crippen MR) is 116 cm³/mol. The van der Waals surface area contributed by atoms with Gasteiger partial charge in [0.1, 0.15) is 0 Å². The maximum Gasteiger partial charge on any atom is 0.253 e. The van der Waals surface area contributed by atoms with Crippen molar-refractivity contribution in [3.8, 4) is 0 Å². The Morgan fingerprint density at radius 3 is 2.21 bits per heavy atom. The molecule has 0 unspecified atom stereocenters. The van der Waals surface area contributed by atoms with Gasteiger partial charge in [-0.25, -0.2) is 0 Å². The van der Waals surface area contributed by atoms with Crippen LogP contribution >= 0.6 is 0 Å². The van der Waals surface area contributed by atoms with Crippen molar-refractivity contribution in [3.05, 3.63) is 71.3 Å². The van der Waals surface area contributed by atoms with E-state index in [1.165, 1.54) is 0 Å². The Morgan fingerprint density at radius 1 is 0.862 bits per heavy atom. The summed E-state index contributed by atoms with van der Waals surface area (Å²) in [5.41, 5.74) is 2.41. The normalized spacial score (nSPS) is 10.9. The van der Waals surface area contributed by atoms with Crippen LogP contribution in [0.25, 0.3) is 0 Å². The topological polar surface area (TPSA) is 85.8 Å². The number of aliphatic imine (C=N–C) groups is 1. The average Bonchev–Trinajstić information content (AvgIpc) is 2.75. The van der Waals surface area contributed by atoms with Gasteiger partial charge in [-0.05, 0) is 36.2 Å². The molecule has 2 rings (SSSR count). The quantitative estimate of drug-likeness (QED) is 0.359. The molecule has 0 saturated carbocycles. The number of rotatable bonds is 8. The van der Waals surface area contributed by atoms with E-state index in [2.05, 4.69) is 20.9 Å². The number of carbonyl (C=O) groups excluding carboxylic acids is 2. The molecule has 2 amide bonds. The summed E-state index contributed by atoms with van der Waals surface area (Å²) >= 11 is 0. The maximum absolute atomic E-state index is 12.1. The zero-order valence-electron chi connectivity index (χ0n) is 17.2. The van der Waals surface area contributed by atoms with Gasteiger partial charge in [-0.15, -0.1) is 0 Å². The van der Waals surface area contributed by atoms with E-state index < -0.39 is 0 Å². The molecule has 29 heavy (non-hydrogen) atoms. The van der Waals surface area contributed by atoms with E-state index in [0.29, 0.717) is 36.7 Å². The molecule has 0 aliphatic carbocycles. The van der Waals surface area contributed by atoms with Gasteiger partial charge in [0.15, 0.2) is 5.96 Å². The summed E-state index contributed by atoms with van der Waals surface area (Å²) in [5.74, 6) is 0.566. The summed E-state index contributed by atoms with van der Waals surface area (Å²) in [6.45, 7) is 1.73. The molecule has 2 aromatic rings. The van der Waals surface area contributed by atoms with Crippen molar-refractivity contribution in [1.82, 2.24) is 20.9 Å². The van der Waals surface area contributed by atoms with Gasteiger partial charge in [-0.1, -0.05) is 30.3 Å². The minimum Gasteiger partial charge on any atom is -0.356 e. The fourth-order valence-electron chi connectivity index (χ4n) is 2.71. The molecule has 0 radical (unpaired) electrons. The highest BCUT2D eigenvalue weighted by atomic mass is 16.2. The fourth-order valence-corrected chi connectivity index (χ4v) is 2.71. The Bertz CT molecular complexity index is 834. The first kappa shape index (κ1) is 21.9. The van der Waals surface area contributed by atoms with E-state index >= 15 is 0 Å². The van der Waals surface area contributed by atoms with Crippen LogP contribution in [-0.2, 0) is 6.42 Å². The van der Waals surface area contributed by atoms with E-state index in [-0.39, 0.29) is 11.8 Å². The van der Waals surface area contributed by atoms with Gasteiger partial charge in [0, 0.05) is 51.9 Å². The first-order valence-electron chi connectivity index (χ1n) is 9.59. The smallest absolute Gasteiger partial charge is 0.253 e. The SMILES string of the molecule is CN=C(NCCNC(=O)c1ccccc1)NCCc1cccc(C(=O)N(C)C)c1. The van der Waals surface area contributed by atoms with Crippen LogP contribution in [0, 0.1) is 0 Å². The highest BCUT2D eigenvalue weighted by molar-refractivity contribution is 5.94. The summed E-state index contributed by atoms with van der Waals surface area (Å²) in [6.07, 6.45) is 0.764. The Hall–Kier alpha value is -3.35. The van der Waals surface area contributed by atoms with Crippen molar-refractivity contribution in [1.29, 1.82) is 0 Å². The number of carbonyl (C=O) groups is 2. The van der Waals surface area contributed by atoms with Gasteiger partial charge in [0.2, 0.25) is 0 Å². The lowest BCUT2D eigenvalue weighted by molar-refractivity contribution is 0.0827. The lowest BCUT2D eigenvalue weighted by atomic mass is 10.1. The second kappa shape index (κ2) is 11.5. The number of amides is 2. The number of nitrogens with one attached hydrogen (secondary N) is 3. The minimum absolute atomic E-state index is 0.00478. The molecule has 2 aromatic carbocycles. The molecule has 0 saturated heterocycles. The van der Waals surface area contributed by atoms with Gasteiger partial charge in [-0.2, -0.15) is 0 Å². The zero-order chi connectivity index (χ0) is 21.1. The van der Waals surface area contributed by atoms with Gasteiger partial charge in [0.25, 0.3) is 11.8 Å². The van der Waals surface area contributed by atoms with Crippen molar-refractivity contribution in [2.75, 3.05) is 40.8 Å². The second-order valence-electron chi connectivity index (χ2n) is 6.70. The number of guanidine groups is 1. The summed E-state index contributed by atoms with van der Waals surface area (Å²) < 4.78 is 0.